The maximum atomic E-state index is 11.8. The minimum Gasteiger partial charge on any atom is -0.326 e. The van der Waals surface area contributed by atoms with E-state index in [1.807, 2.05) is 25.1 Å². The standard InChI is InChI=1S/C14H21BrN2O/c1-4-17(5-2)9-8-14(18)16-12-6-7-13(15)11(3)10-12/h6-7,10H,4-5,8-9H2,1-3H3,(H,16,18). The van der Waals surface area contributed by atoms with Crippen LogP contribution in [0, 0.1) is 6.92 Å². The largest absolute Gasteiger partial charge is 0.326 e. The lowest BCUT2D eigenvalue weighted by Gasteiger charge is -2.17. The Hall–Kier alpha value is -0.870. The van der Waals surface area contributed by atoms with Crippen LogP contribution in [0.2, 0.25) is 0 Å². The van der Waals surface area contributed by atoms with Crippen molar-refractivity contribution in [3.8, 4) is 0 Å². The molecule has 0 bridgehead atoms. The number of amides is 1. The summed E-state index contributed by atoms with van der Waals surface area (Å²) in [6, 6.07) is 5.83. The van der Waals surface area contributed by atoms with Crippen LogP contribution in [0.3, 0.4) is 0 Å². The molecule has 1 aromatic carbocycles. The molecule has 0 saturated carbocycles. The molecule has 1 amide bonds. The average molecular weight is 313 g/mol. The summed E-state index contributed by atoms with van der Waals surface area (Å²) in [5.41, 5.74) is 1.98. The van der Waals surface area contributed by atoms with Gasteiger partial charge in [0.25, 0.3) is 0 Å². The fourth-order valence-corrected chi connectivity index (χ4v) is 1.99. The van der Waals surface area contributed by atoms with Crippen molar-refractivity contribution in [3.05, 3.63) is 28.2 Å². The Kier molecular flexibility index (Phi) is 6.36. The van der Waals surface area contributed by atoms with Gasteiger partial charge < -0.3 is 10.2 Å². The van der Waals surface area contributed by atoms with Crippen molar-refractivity contribution in [1.29, 1.82) is 0 Å². The molecule has 0 aromatic heterocycles. The van der Waals surface area contributed by atoms with E-state index in [-0.39, 0.29) is 5.91 Å². The van der Waals surface area contributed by atoms with Gasteiger partial charge in [0.1, 0.15) is 0 Å². The van der Waals surface area contributed by atoms with Crippen molar-refractivity contribution >= 4 is 27.5 Å². The Morgan fingerprint density at radius 2 is 2.00 bits per heavy atom. The number of carbonyl (C=O) groups is 1. The van der Waals surface area contributed by atoms with Crippen LogP contribution in [0.4, 0.5) is 5.69 Å². The molecule has 0 saturated heterocycles. The molecule has 0 spiro atoms. The summed E-state index contributed by atoms with van der Waals surface area (Å²) in [4.78, 5) is 14.0. The number of nitrogens with one attached hydrogen (secondary N) is 1. The van der Waals surface area contributed by atoms with E-state index < -0.39 is 0 Å². The molecule has 0 aliphatic rings. The quantitative estimate of drug-likeness (QED) is 0.873. The van der Waals surface area contributed by atoms with Crippen molar-refractivity contribution in [1.82, 2.24) is 4.90 Å². The summed E-state index contributed by atoms with van der Waals surface area (Å²) in [6.45, 7) is 9.02. The van der Waals surface area contributed by atoms with Gasteiger partial charge in [-0.05, 0) is 43.8 Å². The van der Waals surface area contributed by atoms with Crippen molar-refractivity contribution in [2.24, 2.45) is 0 Å². The minimum absolute atomic E-state index is 0.0728. The summed E-state index contributed by atoms with van der Waals surface area (Å²) in [5, 5.41) is 2.93. The number of rotatable bonds is 6. The second-order valence-electron chi connectivity index (χ2n) is 4.29. The summed E-state index contributed by atoms with van der Waals surface area (Å²) in [5.74, 6) is 0.0728. The second-order valence-corrected chi connectivity index (χ2v) is 5.14. The first-order chi connectivity index (χ1) is 8.56. The summed E-state index contributed by atoms with van der Waals surface area (Å²) in [6.07, 6.45) is 0.538. The smallest absolute Gasteiger partial charge is 0.225 e. The van der Waals surface area contributed by atoms with Gasteiger partial charge in [-0.2, -0.15) is 0 Å². The zero-order valence-corrected chi connectivity index (χ0v) is 12.9. The Morgan fingerprint density at radius 1 is 1.33 bits per heavy atom. The zero-order chi connectivity index (χ0) is 13.5. The Labute approximate surface area is 118 Å². The molecule has 0 radical (unpaired) electrons. The summed E-state index contributed by atoms with van der Waals surface area (Å²) >= 11 is 3.44. The maximum Gasteiger partial charge on any atom is 0.225 e. The minimum atomic E-state index is 0.0728. The predicted octanol–water partition coefficient (Wildman–Crippen LogP) is 3.43. The Balaban J connectivity index is 2.46. The van der Waals surface area contributed by atoms with E-state index in [0.717, 1.165) is 35.4 Å². The van der Waals surface area contributed by atoms with E-state index in [1.165, 1.54) is 0 Å². The third-order valence-electron chi connectivity index (χ3n) is 2.99. The Morgan fingerprint density at radius 3 is 2.56 bits per heavy atom. The number of anilines is 1. The molecule has 0 fully saturated rings. The lowest BCUT2D eigenvalue weighted by molar-refractivity contribution is -0.116. The van der Waals surface area contributed by atoms with Crippen LogP contribution in [-0.4, -0.2) is 30.4 Å². The van der Waals surface area contributed by atoms with Gasteiger partial charge in [0.15, 0.2) is 0 Å². The molecule has 0 unspecified atom stereocenters. The summed E-state index contributed by atoms with van der Waals surface area (Å²) in [7, 11) is 0. The van der Waals surface area contributed by atoms with Gasteiger partial charge in [-0.15, -0.1) is 0 Å². The van der Waals surface area contributed by atoms with Crippen LogP contribution >= 0.6 is 15.9 Å². The summed E-state index contributed by atoms with van der Waals surface area (Å²) < 4.78 is 1.06. The van der Waals surface area contributed by atoms with E-state index in [9.17, 15) is 4.79 Å². The predicted molar refractivity (Wildman–Crippen MR) is 79.9 cm³/mol. The molecule has 3 nitrogen and oxygen atoms in total. The molecular formula is C14H21BrN2O. The molecular weight excluding hydrogens is 292 g/mol. The van der Waals surface area contributed by atoms with E-state index >= 15 is 0 Å². The number of halogens is 1. The number of aryl methyl sites for hydroxylation is 1. The zero-order valence-electron chi connectivity index (χ0n) is 11.3. The van der Waals surface area contributed by atoms with Crippen molar-refractivity contribution in [2.45, 2.75) is 27.2 Å². The lowest BCUT2D eigenvalue weighted by Crippen LogP contribution is -2.27. The van der Waals surface area contributed by atoms with Crippen LogP contribution in [-0.2, 0) is 4.79 Å². The van der Waals surface area contributed by atoms with Crippen LogP contribution in [0.25, 0.3) is 0 Å². The van der Waals surface area contributed by atoms with Crippen LogP contribution in [0.5, 0.6) is 0 Å². The van der Waals surface area contributed by atoms with Gasteiger partial charge in [-0.1, -0.05) is 29.8 Å². The highest BCUT2D eigenvalue weighted by Gasteiger charge is 2.06. The van der Waals surface area contributed by atoms with Gasteiger partial charge in [0.05, 0.1) is 0 Å². The van der Waals surface area contributed by atoms with E-state index in [4.69, 9.17) is 0 Å². The molecule has 0 aliphatic carbocycles. The average Bonchev–Trinajstić information content (AvgIpc) is 2.35. The molecule has 0 aliphatic heterocycles. The highest BCUT2D eigenvalue weighted by Crippen LogP contribution is 2.20. The third-order valence-corrected chi connectivity index (χ3v) is 3.88. The molecule has 1 rings (SSSR count). The van der Waals surface area contributed by atoms with Crippen molar-refractivity contribution < 1.29 is 4.79 Å². The molecule has 18 heavy (non-hydrogen) atoms. The SMILES string of the molecule is CCN(CC)CCC(=O)Nc1ccc(Br)c(C)c1. The molecule has 0 heterocycles. The van der Waals surface area contributed by atoms with E-state index in [1.54, 1.807) is 0 Å². The highest BCUT2D eigenvalue weighted by molar-refractivity contribution is 9.10. The Bertz CT molecular complexity index is 403. The fourth-order valence-electron chi connectivity index (χ4n) is 1.75. The van der Waals surface area contributed by atoms with Gasteiger partial charge >= 0.3 is 0 Å². The monoisotopic (exact) mass is 312 g/mol. The number of benzene rings is 1. The fraction of sp³-hybridized carbons (Fsp3) is 0.500. The van der Waals surface area contributed by atoms with Gasteiger partial charge in [0, 0.05) is 23.1 Å². The normalized spacial score (nSPS) is 10.7. The molecule has 0 atom stereocenters. The van der Waals surface area contributed by atoms with E-state index in [0.29, 0.717) is 6.42 Å². The van der Waals surface area contributed by atoms with Crippen LogP contribution < -0.4 is 5.32 Å². The van der Waals surface area contributed by atoms with Crippen LogP contribution in [0.15, 0.2) is 22.7 Å². The maximum absolute atomic E-state index is 11.8. The molecule has 100 valence electrons. The number of hydrogen-bond donors (Lipinski definition) is 1. The molecule has 4 heteroatoms. The number of carbonyl (C=O) groups excluding carboxylic acids is 1. The van der Waals surface area contributed by atoms with Gasteiger partial charge in [-0.25, -0.2) is 0 Å². The van der Waals surface area contributed by atoms with Crippen LogP contribution in [0.1, 0.15) is 25.8 Å². The first kappa shape index (κ1) is 15.2. The van der Waals surface area contributed by atoms with Crippen molar-refractivity contribution in [2.75, 3.05) is 25.0 Å². The molecule has 1 N–H and O–H groups in total. The topological polar surface area (TPSA) is 32.3 Å². The number of nitrogens with zero attached hydrogens (tertiary/aromatic N) is 1. The van der Waals surface area contributed by atoms with E-state index in [2.05, 4.69) is 40.0 Å². The first-order valence-corrected chi connectivity index (χ1v) is 7.14. The lowest BCUT2D eigenvalue weighted by atomic mass is 10.2. The first-order valence-electron chi connectivity index (χ1n) is 6.35. The van der Waals surface area contributed by atoms with Gasteiger partial charge in [-0.3, -0.25) is 4.79 Å². The third kappa shape index (κ3) is 4.78. The second kappa shape index (κ2) is 7.54. The highest BCUT2D eigenvalue weighted by atomic mass is 79.9. The van der Waals surface area contributed by atoms with Gasteiger partial charge in [0.2, 0.25) is 5.91 Å². The molecule has 1 aromatic rings. The van der Waals surface area contributed by atoms with Crippen molar-refractivity contribution in [3.63, 3.8) is 0 Å². The number of hydrogen-bond acceptors (Lipinski definition) is 2.